The van der Waals surface area contributed by atoms with Gasteiger partial charge in [0.1, 0.15) is 17.5 Å². The van der Waals surface area contributed by atoms with Crippen molar-refractivity contribution in [3.05, 3.63) is 11.9 Å². The lowest BCUT2D eigenvalue weighted by atomic mass is 10.1. The molecule has 0 bridgehead atoms. The highest BCUT2D eigenvalue weighted by Crippen LogP contribution is 2.15. The molecule has 0 spiro atoms. The summed E-state index contributed by atoms with van der Waals surface area (Å²) in [4.78, 5) is 8.71. The van der Waals surface area contributed by atoms with Crippen LogP contribution in [-0.4, -0.2) is 27.7 Å². The van der Waals surface area contributed by atoms with Crippen LogP contribution >= 0.6 is 0 Å². The zero-order valence-corrected chi connectivity index (χ0v) is 11.3. The van der Waals surface area contributed by atoms with Crippen molar-refractivity contribution in [1.29, 1.82) is 0 Å². The first-order valence-corrected chi connectivity index (χ1v) is 6.32. The van der Waals surface area contributed by atoms with Gasteiger partial charge in [-0.1, -0.05) is 13.8 Å². The van der Waals surface area contributed by atoms with Crippen LogP contribution in [0.2, 0.25) is 0 Å². The van der Waals surface area contributed by atoms with Gasteiger partial charge < -0.3 is 15.8 Å². The Morgan fingerprint density at radius 3 is 2.56 bits per heavy atom. The van der Waals surface area contributed by atoms with Gasteiger partial charge >= 0.3 is 0 Å². The van der Waals surface area contributed by atoms with E-state index in [0.29, 0.717) is 5.82 Å². The van der Waals surface area contributed by atoms with Gasteiger partial charge in [0.25, 0.3) is 0 Å². The number of nitrogen functional groups attached to an aromatic ring is 1. The normalized spacial score (nSPS) is 14.1. The summed E-state index contributed by atoms with van der Waals surface area (Å²) in [6, 6.07) is 1.89. The predicted octanol–water partition coefficient (Wildman–Crippen LogP) is 1.14. The molecule has 2 unspecified atom stereocenters. The number of hydrogen-bond acceptors (Lipinski definition) is 6. The van der Waals surface area contributed by atoms with E-state index in [-0.39, 0.29) is 18.6 Å². The zero-order chi connectivity index (χ0) is 13.5. The minimum Gasteiger partial charge on any atom is -0.396 e. The van der Waals surface area contributed by atoms with Crippen LogP contribution < -0.4 is 16.6 Å². The third-order valence-corrected chi connectivity index (χ3v) is 2.91. The summed E-state index contributed by atoms with van der Waals surface area (Å²) >= 11 is 0. The molecular formula is C12H23N5O. The summed E-state index contributed by atoms with van der Waals surface area (Å²) in [7, 11) is 0. The highest BCUT2D eigenvalue weighted by atomic mass is 16.3. The van der Waals surface area contributed by atoms with Crippen molar-refractivity contribution in [2.45, 2.75) is 39.7 Å². The van der Waals surface area contributed by atoms with Gasteiger partial charge in [-0.2, -0.15) is 0 Å². The van der Waals surface area contributed by atoms with Crippen LogP contribution in [0.5, 0.6) is 0 Å². The van der Waals surface area contributed by atoms with Crippen molar-refractivity contribution < 1.29 is 5.11 Å². The van der Waals surface area contributed by atoms with Crippen molar-refractivity contribution in [2.24, 2.45) is 11.8 Å². The summed E-state index contributed by atoms with van der Waals surface area (Å²) in [6.07, 6.45) is 1.80. The summed E-state index contributed by atoms with van der Waals surface area (Å²) in [6.45, 7) is 6.21. The van der Waals surface area contributed by atoms with Crippen LogP contribution in [0.15, 0.2) is 6.07 Å². The molecule has 1 rings (SSSR count). The third kappa shape index (κ3) is 4.12. The molecule has 18 heavy (non-hydrogen) atoms. The van der Waals surface area contributed by atoms with Gasteiger partial charge in [0.15, 0.2) is 0 Å². The molecule has 1 aromatic rings. The first-order valence-electron chi connectivity index (χ1n) is 6.32. The maximum atomic E-state index is 9.12. The van der Waals surface area contributed by atoms with E-state index in [1.54, 1.807) is 6.07 Å². The number of anilines is 2. The molecular weight excluding hydrogens is 230 g/mol. The number of aliphatic hydroxyl groups is 1. The number of nitrogens with two attached hydrogens (primary N) is 1. The highest BCUT2D eigenvalue weighted by Gasteiger charge is 2.12. The van der Waals surface area contributed by atoms with E-state index >= 15 is 0 Å². The van der Waals surface area contributed by atoms with E-state index in [1.165, 1.54) is 0 Å². The van der Waals surface area contributed by atoms with Crippen LogP contribution in [0.4, 0.5) is 11.6 Å². The van der Waals surface area contributed by atoms with Gasteiger partial charge in [0, 0.05) is 25.1 Å². The average molecular weight is 253 g/mol. The van der Waals surface area contributed by atoms with E-state index in [9.17, 15) is 0 Å². The number of nitrogens with one attached hydrogen (secondary N) is 2. The quantitative estimate of drug-likeness (QED) is 0.430. The molecule has 0 aromatic carbocycles. The maximum absolute atomic E-state index is 9.12. The van der Waals surface area contributed by atoms with Crippen molar-refractivity contribution in [3.63, 3.8) is 0 Å². The molecule has 0 saturated heterocycles. The molecule has 0 amide bonds. The molecule has 0 saturated carbocycles. The van der Waals surface area contributed by atoms with Crippen LogP contribution in [0.1, 0.15) is 33.0 Å². The van der Waals surface area contributed by atoms with Crippen LogP contribution in [0.25, 0.3) is 0 Å². The summed E-state index contributed by atoms with van der Waals surface area (Å²) < 4.78 is 0. The van der Waals surface area contributed by atoms with Gasteiger partial charge in [-0.05, 0) is 19.3 Å². The van der Waals surface area contributed by atoms with Crippen LogP contribution in [0.3, 0.4) is 0 Å². The van der Waals surface area contributed by atoms with Gasteiger partial charge in [-0.3, -0.25) is 0 Å². The van der Waals surface area contributed by atoms with Crippen LogP contribution in [0, 0.1) is 5.92 Å². The number of hydrogen-bond donors (Lipinski definition) is 4. The Hall–Kier alpha value is -1.40. The SMILES string of the molecule is CCCc1nc(NN)cc(NC(C)C(C)CO)n1. The first-order chi connectivity index (χ1) is 8.60. The second kappa shape index (κ2) is 7.13. The fraction of sp³-hybridized carbons (Fsp3) is 0.667. The minimum atomic E-state index is 0.130. The van der Waals surface area contributed by atoms with Crippen molar-refractivity contribution in [2.75, 3.05) is 17.3 Å². The molecule has 5 N–H and O–H groups in total. The van der Waals surface area contributed by atoms with Gasteiger partial charge in [0.05, 0.1) is 0 Å². The zero-order valence-electron chi connectivity index (χ0n) is 11.3. The molecule has 0 aliphatic rings. The smallest absolute Gasteiger partial charge is 0.145 e. The predicted molar refractivity (Wildman–Crippen MR) is 73.2 cm³/mol. The molecule has 0 aliphatic heterocycles. The topological polar surface area (TPSA) is 96.1 Å². The lowest BCUT2D eigenvalue weighted by Crippen LogP contribution is -2.27. The van der Waals surface area contributed by atoms with E-state index < -0.39 is 0 Å². The molecule has 102 valence electrons. The van der Waals surface area contributed by atoms with Crippen molar-refractivity contribution in [3.8, 4) is 0 Å². The number of rotatable bonds is 7. The number of nitrogens with zero attached hydrogens (tertiary/aromatic N) is 2. The summed E-state index contributed by atoms with van der Waals surface area (Å²) in [5.41, 5.74) is 2.54. The van der Waals surface area contributed by atoms with Gasteiger partial charge in [0.2, 0.25) is 0 Å². The van der Waals surface area contributed by atoms with E-state index in [2.05, 4.69) is 27.6 Å². The lowest BCUT2D eigenvalue weighted by molar-refractivity contribution is 0.226. The highest BCUT2D eigenvalue weighted by molar-refractivity contribution is 5.47. The molecule has 1 heterocycles. The maximum Gasteiger partial charge on any atom is 0.145 e. The largest absolute Gasteiger partial charge is 0.396 e. The Labute approximate surface area is 108 Å². The molecule has 6 heteroatoms. The van der Waals surface area contributed by atoms with Crippen LogP contribution in [-0.2, 0) is 6.42 Å². The number of hydrazine groups is 1. The Morgan fingerprint density at radius 2 is 2.00 bits per heavy atom. The molecule has 2 atom stereocenters. The minimum absolute atomic E-state index is 0.130. The third-order valence-electron chi connectivity index (χ3n) is 2.91. The second-order valence-corrected chi connectivity index (χ2v) is 4.54. The summed E-state index contributed by atoms with van der Waals surface area (Å²) in [5.74, 6) is 7.64. The Kier molecular flexibility index (Phi) is 5.80. The molecule has 1 aromatic heterocycles. The molecule has 6 nitrogen and oxygen atoms in total. The number of aliphatic hydroxyl groups excluding tert-OH is 1. The standard InChI is InChI=1S/C12H23N5O/c1-4-5-10-15-11(6-12(16-10)17-13)14-9(3)8(2)7-18/h6,8-9,18H,4-5,7,13H2,1-3H3,(H2,14,15,16,17). The molecule has 0 fully saturated rings. The Bertz CT molecular complexity index is 371. The fourth-order valence-electron chi connectivity index (χ4n) is 1.51. The first kappa shape index (κ1) is 14.7. The van der Waals surface area contributed by atoms with Gasteiger partial charge in [-0.15, -0.1) is 0 Å². The van der Waals surface area contributed by atoms with Crippen molar-refractivity contribution >= 4 is 11.6 Å². The lowest BCUT2D eigenvalue weighted by Gasteiger charge is -2.20. The van der Waals surface area contributed by atoms with E-state index in [1.807, 2.05) is 13.8 Å². The Morgan fingerprint density at radius 1 is 1.33 bits per heavy atom. The van der Waals surface area contributed by atoms with E-state index in [4.69, 9.17) is 10.9 Å². The molecule has 0 aliphatic carbocycles. The van der Waals surface area contributed by atoms with Crippen molar-refractivity contribution in [1.82, 2.24) is 9.97 Å². The summed E-state index contributed by atoms with van der Waals surface area (Å²) in [5, 5.41) is 12.4. The van der Waals surface area contributed by atoms with Gasteiger partial charge in [-0.25, -0.2) is 15.8 Å². The van der Waals surface area contributed by atoms with E-state index in [0.717, 1.165) is 24.5 Å². The fourth-order valence-corrected chi connectivity index (χ4v) is 1.51. The monoisotopic (exact) mass is 253 g/mol. The average Bonchev–Trinajstić information content (AvgIpc) is 2.37. The number of aryl methyl sites for hydroxylation is 1. The molecule has 0 radical (unpaired) electrons. The second-order valence-electron chi connectivity index (χ2n) is 4.54. The number of aromatic nitrogens is 2. The Balaban J connectivity index is 2.83.